The normalized spacial score (nSPS) is 19.2. The summed E-state index contributed by atoms with van der Waals surface area (Å²) in [5.41, 5.74) is 10.4. The van der Waals surface area contributed by atoms with Crippen LogP contribution in [0.3, 0.4) is 0 Å². The van der Waals surface area contributed by atoms with Crippen LogP contribution >= 0.6 is 0 Å². The smallest absolute Gasteiger partial charge is 0.122 e. The number of hydrogen-bond acceptors (Lipinski definition) is 2. The van der Waals surface area contributed by atoms with Crippen LogP contribution in [0, 0.1) is 19.8 Å². The minimum atomic E-state index is 0.178. The van der Waals surface area contributed by atoms with Gasteiger partial charge in [0.1, 0.15) is 5.75 Å². The van der Waals surface area contributed by atoms with Crippen molar-refractivity contribution in [3.05, 3.63) is 28.8 Å². The third-order valence-corrected chi connectivity index (χ3v) is 4.80. The number of nitrogens with two attached hydrogens (primary N) is 1. The Bertz CT molecular complexity index is 433. The van der Waals surface area contributed by atoms with Crippen LogP contribution in [0.25, 0.3) is 0 Å². The fourth-order valence-corrected chi connectivity index (χ4v) is 3.49. The molecule has 2 N–H and O–H groups in total. The molecular weight excluding hydrogens is 246 g/mol. The van der Waals surface area contributed by atoms with E-state index in [-0.39, 0.29) is 6.04 Å². The molecule has 1 fully saturated rings. The van der Waals surface area contributed by atoms with Crippen molar-refractivity contribution in [3.8, 4) is 5.75 Å². The molecule has 0 spiro atoms. The Labute approximate surface area is 123 Å². The number of benzene rings is 1. The number of methoxy groups -OCH3 is 1. The predicted molar refractivity (Wildman–Crippen MR) is 85.2 cm³/mol. The van der Waals surface area contributed by atoms with E-state index in [0.717, 1.165) is 5.75 Å². The molecule has 0 heterocycles. The highest BCUT2D eigenvalue weighted by Crippen LogP contribution is 2.34. The van der Waals surface area contributed by atoms with Crippen LogP contribution < -0.4 is 10.5 Å². The maximum Gasteiger partial charge on any atom is 0.122 e. The highest BCUT2D eigenvalue weighted by Gasteiger charge is 2.22. The van der Waals surface area contributed by atoms with Gasteiger partial charge >= 0.3 is 0 Å². The maximum atomic E-state index is 6.61. The number of rotatable bonds is 3. The second-order valence-electron chi connectivity index (χ2n) is 6.31. The molecule has 0 amide bonds. The summed E-state index contributed by atoms with van der Waals surface area (Å²) in [6.45, 7) is 4.26. The van der Waals surface area contributed by atoms with Crippen LogP contribution in [0.15, 0.2) is 12.1 Å². The van der Waals surface area contributed by atoms with Crippen LogP contribution in [0.1, 0.15) is 67.7 Å². The highest BCUT2D eigenvalue weighted by atomic mass is 16.5. The standard InChI is InChI=1S/C18H29NO/c1-13-12-17(20-3)14(2)11-16(13)18(19)15-9-7-5-4-6-8-10-15/h11-12,15,18H,4-10,19H2,1-3H3. The van der Waals surface area contributed by atoms with E-state index < -0.39 is 0 Å². The van der Waals surface area contributed by atoms with Gasteiger partial charge in [-0.2, -0.15) is 0 Å². The summed E-state index contributed by atoms with van der Waals surface area (Å²) in [5, 5.41) is 0. The van der Waals surface area contributed by atoms with Gasteiger partial charge in [0.15, 0.2) is 0 Å². The Morgan fingerprint density at radius 2 is 1.60 bits per heavy atom. The van der Waals surface area contributed by atoms with Crippen LogP contribution in [0.4, 0.5) is 0 Å². The number of hydrogen-bond donors (Lipinski definition) is 1. The molecule has 1 aliphatic carbocycles. The van der Waals surface area contributed by atoms with Crippen molar-refractivity contribution in [2.45, 2.75) is 64.8 Å². The van der Waals surface area contributed by atoms with Crippen molar-refractivity contribution < 1.29 is 4.74 Å². The Kier molecular flexibility index (Phi) is 5.47. The summed E-state index contributed by atoms with van der Waals surface area (Å²) >= 11 is 0. The van der Waals surface area contributed by atoms with E-state index in [2.05, 4.69) is 26.0 Å². The van der Waals surface area contributed by atoms with E-state index in [4.69, 9.17) is 10.5 Å². The van der Waals surface area contributed by atoms with Crippen molar-refractivity contribution in [2.75, 3.05) is 7.11 Å². The zero-order chi connectivity index (χ0) is 14.5. The second-order valence-corrected chi connectivity index (χ2v) is 6.31. The molecule has 1 atom stereocenters. The molecule has 1 saturated carbocycles. The first kappa shape index (κ1) is 15.4. The van der Waals surface area contributed by atoms with Crippen molar-refractivity contribution in [1.82, 2.24) is 0 Å². The van der Waals surface area contributed by atoms with E-state index in [9.17, 15) is 0 Å². The van der Waals surface area contributed by atoms with Gasteiger partial charge < -0.3 is 10.5 Å². The monoisotopic (exact) mass is 275 g/mol. The SMILES string of the molecule is COc1cc(C)c(C(N)C2CCCCCCC2)cc1C. The minimum absolute atomic E-state index is 0.178. The zero-order valence-corrected chi connectivity index (χ0v) is 13.2. The Morgan fingerprint density at radius 3 is 2.20 bits per heavy atom. The highest BCUT2D eigenvalue weighted by molar-refractivity contribution is 5.43. The molecule has 0 saturated heterocycles. The summed E-state index contributed by atoms with van der Waals surface area (Å²) in [5.74, 6) is 1.61. The minimum Gasteiger partial charge on any atom is -0.496 e. The first-order chi connectivity index (χ1) is 9.63. The average molecular weight is 275 g/mol. The van der Waals surface area contributed by atoms with Crippen LogP contribution in [0.2, 0.25) is 0 Å². The topological polar surface area (TPSA) is 35.2 Å². The molecule has 2 heteroatoms. The summed E-state index contributed by atoms with van der Waals surface area (Å²) in [7, 11) is 1.73. The van der Waals surface area contributed by atoms with Crippen molar-refractivity contribution >= 4 is 0 Å². The van der Waals surface area contributed by atoms with E-state index in [1.165, 1.54) is 61.6 Å². The van der Waals surface area contributed by atoms with Gasteiger partial charge in [0.2, 0.25) is 0 Å². The molecule has 1 aliphatic rings. The predicted octanol–water partition coefficient (Wildman–Crippen LogP) is 4.67. The van der Waals surface area contributed by atoms with E-state index in [1.54, 1.807) is 7.11 Å². The fraction of sp³-hybridized carbons (Fsp3) is 0.667. The lowest BCUT2D eigenvalue weighted by Crippen LogP contribution is -2.23. The van der Waals surface area contributed by atoms with Gasteiger partial charge in [0.05, 0.1) is 7.11 Å². The molecule has 1 aromatic carbocycles. The molecular formula is C18H29NO. The molecule has 20 heavy (non-hydrogen) atoms. The third kappa shape index (κ3) is 3.54. The fourth-order valence-electron chi connectivity index (χ4n) is 3.49. The van der Waals surface area contributed by atoms with Crippen LogP contribution in [-0.4, -0.2) is 7.11 Å². The molecule has 1 unspecified atom stereocenters. The van der Waals surface area contributed by atoms with Crippen molar-refractivity contribution in [1.29, 1.82) is 0 Å². The molecule has 0 radical (unpaired) electrons. The molecule has 2 rings (SSSR count). The Hall–Kier alpha value is -1.02. The largest absolute Gasteiger partial charge is 0.496 e. The van der Waals surface area contributed by atoms with Crippen LogP contribution in [0.5, 0.6) is 5.75 Å². The molecule has 0 bridgehead atoms. The first-order valence-electron chi connectivity index (χ1n) is 8.04. The molecule has 1 aromatic rings. The number of ether oxygens (including phenoxy) is 1. The van der Waals surface area contributed by atoms with E-state index in [0.29, 0.717) is 5.92 Å². The zero-order valence-electron chi connectivity index (χ0n) is 13.2. The van der Waals surface area contributed by atoms with E-state index in [1.807, 2.05) is 0 Å². The van der Waals surface area contributed by atoms with Gasteiger partial charge in [-0.05, 0) is 55.4 Å². The average Bonchev–Trinajstić information content (AvgIpc) is 2.40. The van der Waals surface area contributed by atoms with Crippen LogP contribution in [-0.2, 0) is 0 Å². The second kappa shape index (κ2) is 7.12. The summed E-state index contributed by atoms with van der Waals surface area (Å²) < 4.78 is 5.40. The molecule has 0 aromatic heterocycles. The Morgan fingerprint density at radius 1 is 1.00 bits per heavy atom. The van der Waals surface area contributed by atoms with Gasteiger partial charge in [0, 0.05) is 6.04 Å². The number of aryl methyl sites for hydroxylation is 2. The third-order valence-electron chi connectivity index (χ3n) is 4.80. The maximum absolute atomic E-state index is 6.61. The first-order valence-corrected chi connectivity index (χ1v) is 8.04. The lowest BCUT2D eigenvalue weighted by atomic mass is 9.82. The van der Waals surface area contributed by atoms with Crippen molar-refractivity contribution in [2.24, 2.45) is 11.7 Å². The van der Waals surface area contributed by atoms with Gasteiger partial charge in [0.25, 0.3) is 0 Å². The van der Waals surface area contributed by atoms with Gasteiger partial charge in [-0.25, -0.2) is 0 Å². The summed E-state index contributed by atoms with van der Waals surface area (Å²) in [6.07, 6.45) is 9.41. The lowest BCUT2D eigenvalue weighted by molar-refractivity contribution is 0.326. The molecule has 0 aliphatic heterocycles. The van der Waals surface area contributed by atoms with Gasteiger partial charge in [-0.15, -0.1) is 0 Å². The molecule has 112 valence electrons. The van der Waals surface area contributed by atoms with E-state index >= 15 is 0 Å². The van der Waals surface area contributed by atoms with Gasteiger partial charge in [-0.1, -0.05) is 38.2 Å². The Balaban J connectivity index is 2.18. The lowest BCUT2D eigenvalue weighted by Gasteiger charge is -2.27. The molecule has 2 nitrogen and oxygen atoms in total. The quantitative estimate of drug-likeness (QED) is 0.869. The summed E-state index contributed by atoms with van der Waals surface area (Å²) in [4.78, 5) is 0. The van der Waals surface area contributed by atoms with Gasteiger partial charge in [-0.3, -0.25) is 0 Å². The summed E-state index contributed by atoms with van der Waals surface area (Å²) in [6, 6.07) is 4.54. The van der Waals surface area contributed by atoms with Crippen molar-refractivity contribution in [3.63, 3.8) is 0 Å².